The number of thiophene rings is 1. The Balaban J connectivity index is 2.36. The Morgan fingerprint density at radius 3 is 2.51 bits per heavy atom. The highest BCUT2D eigenvalue weighted by Crippen LogP contribution is 2.32. The Kier molecular flexibility index (Phi) is 8.23. The number of likely N-dealkylation sites (N-methyl/N-ethyl adjacent to an activating group) is 1. The number of esters is 1. The van der Waals surface area contributed by atoms with Crippen molar-refractivity contribution in [1.29, 1.82) is 0 Å². The zero-order chi connectivity index (χ0) is 27.7. The molecule has 0 aliphatic carbocycles. The van der Waals surface area contributed by atoms with Crippen LogP contribution in [-0.4, -0.2) is 46.4 Å². The molecule has 1 atom stereocenters. The van der Waals surface area contributed by atoms with Crippen LogP contribution in [0, 0.1) is 12.7 Å². The van der Waals surface area contributed by atoms with Gasteiger partial charge >= 0.3 is 11.7 Å². The standard InChI is InChI=1S/C25H30FN3O7S/c1-7-27-23(33)25(4,5)29-20(31)18-13(3)19(22(32)36-8-2)37-21(18)28(24(29)34)12-16(30)15-11-14(26)9-10-17(15)35-6/h9-11,16,30H,7-8,12H2,1-6H3,(H,27,33)/t16-/m0/s1. The van der Waals surface area contributed by atoms with Gasteiger partial charge in [0.15, 0.2) is 0 Å². The molecule has 0 spiro atoms. The maximum atomic E-state index is 14.0. The molecule has 37 heavy (non-hydrogen) atoms. The third-order valence-electron chi connectivity index (χ3n) is 6.03. The van der Waals surface area contributed by atoms with Gasteiger partial charge < -0.3 is 19.9 Å². The molecule has 0 fully saturated rings. The van der Waals surface area contributed by atoms with Crippen LogP contribution in [0.5, 0.6) is 5.75 Å². The number of methoxy groups -OCH3 is 1. The first-order valence-corrected chi connectivity index (χ1v) is 12.5. The first kappa shape index (κ1) is 28.1. The quantitative estimate of drug-likeness (QED) is 0.403. The van der Waals surface area contributed by atoms with E-state index in [0.717, 1.165) is 26.5 Å². The lowest BCUT2D eigenvalue weighted by atomic mass is 10.0. The second-order valence-electron chi connectivity index (χ2n) is 8.81. The van der Waals surface area contributed by atoms with Crippen LogP contribution in [0.4, 0.5) is 4.39 Å². The summed E-state index contributed by atoms with van der Waals surface area (Å²) < 4.78 is 26.3. The van der Waals surface area contributed by atoms with Gasteiger partial charge in [-0.25, -0.2) is 18.5 Å². The van der Waals surface area contributed by atoms with Crippen LogP contribution >= 0.6 is 11.3 Å². The van der Waals surface area contributed by atoms with Gasteiger partial charge in [0.25, 0.3) is 5.56 Å². The van der Waals surface area contributed by atoms with E-state index in [1.807, 2.05) is 0 Å². The number of carbonyl (C=O) groups is 2. The van der Waals surface area contributed by atoms with E-state index < -0.39 is 47.1 Å². The average molecular weight is 536 g/mol. The Hall–Kier alpha value is -3.51. The van der Waals surface area contributed by atoms with E-state index in [1.54, 1.807) is 20.8 Å². The molecule has 0 aliphatic rings. The Labute approximate surface area is 216 Å². The van der Waals surface area contributed by atoms with E-state index in [9.17, 15) is 28.7 Å². The molecule has 200 valence electrons. The molecule has 0 aliphatic heterocycles. The predicted octanol–water partition coefficient (Wildman–Crippen LogP) is 2.46. The van der Waals surface area contributed by atoms with E-state index >= 15 is 0 Å². The van der Waals surface area contributed by atoms with E-state index in [1.165, 1.54) is 33.1 Å². The zero-order valence-corrected chi connectivity index (χ0v) is 22.3. The summed E-state index contributed by atoms with van der Waals surface area (Å²) in [6.07, 6.45) is -1.43. The molecule has 2 heterocycles. The van der Waals surface area contributed by atoms with Crippen LogP contribution in [-0.2, 0) is 21.6 Å². The van der Waals surface area contributed by atoms with Crippen molar-refractivity contribution in [2.24, 2.45) is 0 Å². The number of nitrogens with zero attached hydrogens (tertiary/aromatic N) is 2. The van der Waals surface area contributed by atoms with E-state index in [4.69, 9.17) is 9.47 Å². The number of hydrogen-bond acceptors (Lipinski definition) is 8. The molecule has 2 N–H and O–H groups in total. The second kappa shape index (κ2) is 10.9. The number of fused-ring (bicyclic) bond motifs is 1. The molecule has 0 saturated carbocycles. The maximum absolute atomic E-state index is 14.0. The molecule has 1 aromatic carbocycles. The normalized spacial score (nSPS) is 12.4. The molecule has 3 rings (SSSR count). The lowest BCUT2D eigenvalue weighted by molar-refractivity contribution is -0.128. The van der Waals surface area contributed by atoms with Crippen molar-refractivity contribution in [3.05, 3.63) is 60.9 Å². The van der Waals surface area contributed by atoms with Crippen LogP contribution in [0.15, 0.2) is 27.8 Å². The van der Waals surface area contributed by atoms with Gasteiger partial charge in [-0.3, -0.25) is 14.2 Å². The summed E-state index contributed by atoms with van der Waals surface area (Å²) in [4.78, 5) is 53.2. The average Bonchev–Trinajstić information content (AvgIpc) is 3.19. The molecule has 2 aromatic heterocycles. The number of rotatable bonds is 9. The topological polar surface area (TPSA) is 129 Å². The first-order chi connectivity index (χ1) is 17.4. The summed E-state index contributed by atoms with van der Waals surface area (Å²) >= 11 is 0.873. The monoisotopic (exact) mass is 535 g/mol. The smallest absolute Gasteiger partial charge is 0.348 e. The fraction of sp³-hybridized carbons (Fsp3) is 0.440. The molecule has 0 bridgehead atoms. The third-order valence-corrected chi connectivity index (χ3v) is 7.33. The number of hydrogen-bond donors (Lipinski definition) is 2. The number of ether oxygens (including phenoxy) is 2. The van der Waals surface area contributed by atoms with Crippen molar-refractivity contribution >= 4 is 33.4 Å². The van der Waals surface area contributed by atoms with Gasteiger partial charge in [-0.2, -0.15) is 0 Å². The summed E-state index contributed by atoms with van der Waals surface area (Å²) in [6, 6.07) is 3.60. The predicted molar refractivity (Wildman–Crippen MR) is 137 cm³/mol. The van der Waals surface area contributed by atoms with E-state index in [2.05, 4.69) is 5.32 Å². The number of aliphatic hydroxyl groups excluding tert-OH is 1. The van der Waals surface area contributed by atoms with Crippen molar-refractivity contribution in [2.75, 3.05) is 20.3 Å². The number of aryl methyl sites for hydroxylation is 1. The number of carbonyl (C=O) groups excluding carboxylic acids is 2. The highest BCUT2D eigenvalue weighted by molar-refractivity contribution is 7.20. The van der Waals surface area contributed by atoms with Crippen LogP contribution in [0.25, 0.3) is 10.2 Å². The second-order valence-corrected chi connectivity index (χ2v) is 9.81. The van der Waals surface area contributed by atoms with Gasteiger partial charge in [0.05, 0.1) is 25.6 Å². The van der Waals surface area contributed by atoms with Gasteiger partial charge in [0.1, 0.15) is 32.9 Å². The SMILES string of the molecule is CCNC(=O)C(C)(C)n1c(=O)c2c(C)c(C(=O)OCC)sc2n(C[C@H](O)c2cc(F)ccc2OC)c1=O. The van der Waals surface area contributed by atoms with Gasteiger partial charge in [-0.15, -0.1) is 11.3 Å². The van der Waals surface area contributed by atoms with E-state index in [-0.39, 0.29) is 45.1 Å². The minimum absolute atomic E-state index is 0.0448. The highest BCUT2D eigenvalue weighted by Gasteiger charge is 2.36. The first-order valence-electron chi connectivity index (χ1n) is 11.7. The molecule has 10 nitrogen and oxygen atoms in total. The highest BCUT2D eigenvalue weighted by atomic mass is 32.1. The molecular formula is C25H30FN3O7S. The van der Waals surface area contributed by atoms with Gasteiger partial charge in [0, 0.05) is 12.1 Å². The number of halogens is 1. The molecule has 3 aromatic rings. The van der Waals surface area contributed by atoms with E-state index in [0.29, 0.717) is 0 Å². The molecular weight excluding hydrogens is 505 g/mol. The number of amides is 1. The van der Waals surface area contributed by atoms with Gasteiger partial charge in [0.2, 0.25) is 5.91 Å². The number of aromatic nitrogens is 2. The van der Waals surface area contributed by atoms with Crippen molar-refractivity contribution in [1.82, 2.24) is 14.5 Å². The zero-order valence-electron chi connectivity index (χ0n) is 21.5. The Morgan fingerprint density at radius 2 is 1.92 bits per heavy atom. The summed E-state index contributed by atoms with van der Waals surface area (Å²) in [5.41, 5.74) is -2.87. The van der Waals surface area contributed by atoms with Crippen molar-refractivity contribution < 1.29 is 28.6 Å². The largest absolute Gasteiger partial charge is 0.496 e. The number of benzene rings is 1. The van der Waals surface area contributed by atoms with Crippen LogP contribution in [0.2, 0.25) is 0 Å². The summed E-state index contributed by atoms with van der Waals surface area (Å²) in [5.74, 6) is -1.65. The van der Waals surface area contributed by atoms with Crippen LogP contribution < -0.4 is 21.3 Å². The lowest BCUT2D eigenvalue weighted by Gasteiger charge is -2.27. The summed E-state index contributed by atoms with van der Waals surface area (Å²) in [7, 11) is 1.36. The Morgan fingerprint density at radius 1 is 1.24 bits per heavy atom. The number of aliphatic hydroxyl groups is 1. The fourth-order valence-electron chi connectivity index (χ4n) is 4.11. The minimum Gasteiger partial charge on any atom is -0.496 e. The molecule has 12 heteroatoms. The molecule has 0 saturated heterocycles. The fourth-order valence-corrected chi connectivity index (χ4v) is 5.30. The molecule has 0 radical (unpaired) electrons. The van der Waals surface area contributed by atoms with Crippen molar-refractivity contribution in [3.63, 3.8) is 0 Å². The summed E-state index contributed by atoms with van der Waals surface area (Å²) in [6.45, 7) is 7.71. The minimum atomic E-state index is -1.61. The molecule has 1 amide bonds. The van der Waals surface area contributed by atoms with Crippen LogP contribution in [0.1, 0.15) is 54.6 Å². The van der Waals surface area contributed by atoms with Gasteiger partial charge in [-0.1, -0.05) is 0 Å². The van der Waals surface area contributed by atoms with Crippen molar-refractivity contribution in [3.8, 4) is 5.75 Å². The third kappa shape index (κ3) is 5.03. The number of nitrogens with one attached hydrogen (secondary N) is 1. The molecule has 0 unspecified atom stereocenters. The maximum Gasteiger partial charge on any atom is 0.348 e. The lowest BCUT2D eigenvalue weighted by Crippen LogP contribution is -2.55. The van der Waals surface area contributed by atoms with Crippen LogP contribution in [0.3, 0.4) is 0 Å². The van der Waals surface area contributed by atoms with Gasteiger partial charge in [-0.05, 0) is 58.4 Å². The Bertz CT molecular complexity index is 1470. The van der Waals surface area contributed by atoms with Crippen molar-refractivity contribution in [2.45, 2.75) is 52.8 Å². The summed E-state index contributed by atoms with van der Waals surface area (Å²) in [5, 5.41) is 13.7.